The van der Waals surface area contributed by atoms with Gasteiger partial charge in [-0.1, -0.05) is 30.0 Å². The van der Waals surface area contributed by atoms with Crippen molar-refractivity contribution in [2.45, 2.75) is 18.1 Å². The molecule has 4 rings (SSSR count). The Bertz CT molecular complexity index is 1030. The zero-order chi connectivity index (χ0) is 20.2. The number of rotatable bonds is 6. The summed E-state index contributed by atoms with van der Waals surface area (Å²) in [5.41, 5.74) is 1.26. The molecule has 3 aromatic rings. The van der Waals surface area contributed by atoms with E-state index in [1.165, 1.54) is 17.8 Å². The lowest BCUT2D eigenvalue weighted by Gasteiger charge is -2.21. The maximum absolute atomic E-state index is 13.8. The SMILES string of the molecule is C[C@H](NC(=O)CSc1n[nH]c(-c2ccccc2F)n1)c1ccc2c(c1)OCCO2. The van der Waals surface area contributed by atoms with Gasteiger partial charge in [0.05, 0.1) is 17.4 Å². The number of halogens is 1. The lowest BCUT2D eigenvalue weighted by molar-refractivity contribution is -0.119. The van der Waals surface area contributed by atoms with Gasteiger partial charge in [0, 0.05) is 0 Å². The molecule has 29 heavy (non-hydrogen) atoms. The Morgan fingerprint density at radius 2 is 2.03 bits per heavy atom. The van der Waals surface area contributed by atoms with E-state index in [0.29, 0.717) is 41.3 Å². The molecule has 7 nitrogen and oxygen atoms in total. The molecule has 1 atom stereocenters. The first kappa shape index (κ1) is 19.3. The van der Waals surface area contributed by atoms with Crippen LogP contribution in [0.1, 0.15) is 18.5 Å². The van der Waals surface area contributed by atoms with Crippen molar-refractivity contribution in [1.82, 2.24) is 20.5 Å². The van der Waals surface area contributed by atoms with Crippen LogP contribution < -0.4 is 14.8 Å². The number of aromatic nitrogens is 3. The normalized spacial score (nSPS) is 13.7. The summed E-state index contributed by atoms with van der Waals surface area (Å²) in [6.07, 6.45) is 0. The summed E-state index contributed by atoms with van der Waals surface area (Å²) in [7, 11) is 0. The first-order valence-electron chi connectivity index (χ1n) is 9.09. The lowest BCUT2D eigenvalue weighted by Crippen LogP contribution is -2.28. The molecule has 0 fully saturated rings. The Hall–Kier alpha value is -3.07. The van der Waals surface area contributed by atoms with Crippen molar-refractivity contribution >= 4 is 17.7 Å². The van der Waals surface area contributed by atoms with Crippen LogP contribution in [0, 0.1) is 5.82 Å². The molecule has 1 aromatic heterocycles. The molecule has 150 valence electrons. The number of ether oxygens (including phenoxy) is 2. The van der Waals surface area contributed by atoms with Gasteiger partial charge in [-0.25, -0.2) is 9.37 Å². The highest BCUT2D eigenvalue weighted by Crippen LogP contribution is 2.32. The topological polar surface area (TPSA) is 89.1 Å². The molecule has 0 bridgehead atoms. The molecule has 0 saturated carbocycles. The van der Waals surface area contributed by atoms with Crippen molar-refractivity contribution in [3.8, 4) is 22.9 Å². The van der Waals surface area contributed by atoms with Crippen LogP contribution in [0.3, 0.4) is 0 Å². The average molecular weight is 414 g/mol. The summed E-state index contributed by atoms with van der Waals surface area (Å²) in [5, 5.41) is 10.1. The van der Waals surface area contributed by atoms with Gasteiger partial charge in [-0.15, -0.1) is 5.10 Å². The minimum atomic E-state index is -0.383. The van der Waals surface area contributed by atoms with E-state index in [9.17, 15) is 9.18 Å². The number of aromatic amines is 1. The van der Waals surface area contributed by atoms with Gasteiger partial charge in [-0.3, -0.25) is 9.89 Å². The Morgan fingerprint density at radius 3 is 2.86 bits per heavy atom. The number of fused-ring (bicyclic) bond motifs is 1. The third kappa shape index (κ3) is 4.51. The fraction of sp³-hybridized carbons (Fsp3) is 0.250. The third-order valence-corrected chi connectivity index (χ3v) is 5.22. The average Bonchev–Trinajstić information content (AvgIpc) is 3.21. The number of nitrogens with zero attached hydrogens (tertiary/aromatic N) is 2. The summed E-state index contributed by atoms with van der Waals surface area (Å²) < 4.78 is 24.9. The standard InChI is InChI=1S/C20H19FN4O3S/c1-12(13-6-7-16-17(10-13)28-9-8-27-16)22-18(26)11-29-20-23-19(24-25-20)14-4-2-3-5-15(14)21/h2-7,10,12H,8-9,11H2,1H3,(H,22,26)(H,23,24,25)/t12-/m0/s1. The van der Waals surface area contributed by atoms with Gasteiger partial charge >= 0.3 is 0 Å². The van der Waals surface area contributed by atoms with E-state index < -0.39 is 0 Å². The summed E-state index contributed by atoms with van der Waals surface area (Å²) in [5.74, 6) is 1.33. The molecule has 0 spiro atoms. The second kappa shape index (κ2) is 8.52. The Labute approximate surface area is 171 Å². The number of H-pyrrole nitrogens is 1. The highest BCUT2D eigenvalue weighted by molar-refractivity contribution is 7.99. The number of carbonyl (C=O) groups is 1. The number of thioether (sulfide) groups is 1. The van der Waals surface area contributed by atoms with Gasteiger partial charge < -0.3 is 14.8 Å². The maximum Gasteiger partial charge on any atom is 0.230 e. The molecule has 1 aliphatic heterocycles. The van der Waals surface area contributed by atoms with Crippen molar-refractivity contribution in [1.29, 1.82) is 0 Å². The molecular weight excluding hydrogens is 395 g/mol. The van der Waals surface area contributed by atoms with E-state index in [2.05, 4.69) is 20.5 Å². The molecule has 2 N–H and O–H groups in total. The molecule has 0 unspecified atom stereocenters. The van der Waals surface area contributed by atoms with Crippen LogP contribution in [0.5, 0.6) is 11.5 Å². The van der Waals surface area contributed by atoms with Gasteiger partial charge in [0.1, 0.15) is 19.0 Å². The van der Waals surface area contributed by atoms with E-state index in [1.54, 1.807) is 18.2 Å². The van der Waals surface area contributed by atoms with Gasteiger partial charge in [0.2, 0.25) is 11.1 Å². The van der Waals surface area contributed by atoms with Crippen LogP contribution in [-0.2, 0) is 4.79 Å². The Kier molecular flexibility index (Phi) is 5.66. The van der Waals surface area contributed by atoms with Gasteiger partial charge in [-0.05, 0) is 36.8 Å². The number of hydrogen-bond donors (Lipinski definition) is 2. The van der Waals surface area contributed by atoms with E-state index in [4.69, 9.17) is 9.47 Å². The number of carbonyl (C=O) groups excluding carboxylic acids is 1. The van der Waals surface area contributed by atoms with Crippen LogP contribution in [0.15, 0.2) is 47.6 Å². The smallest absolute Gasteiger partial charge is 0.230 e. The quantitative estimate of drug-likeness (QED) is 0.602. The molecule has 1 amide bonds. The summed E-state index contributed by atoms with van der Waals surface area (Å²) in [4.78, 5) is 16.6. The number of benzene rings is 2. The molecule has 0 radical (unpaired) electrons. The van der Waals surface area contributed by atoms with Crippen molar-refractivity contribution in [2.24, 2.45) is 0 Å². The molecule has 2 aromatic carbocycles. The fourth-order valence-electron chi connectivity index (χ4n) is 2.91. The highest BCUT2D eigenvalue weighted by atomic mass is 32.2. The van der Waals surface area contributed by atoms with E-state index in [1.807, 2.05) is 25.1 Å². The van der Waals surface area contributed by atoms with Crippen LogP contribution in [0.4, 0.5) is 4.39 Å². The largest absolute Gasteiger partial charge is 0.486 e. The minimum absolute atomic E-state index is 0.142. The summed E-state index contributed by atoms with van der Waals surface area (Å²) in [6, 6.07) is 11.7. The first-order valence-corrected chi connectivity index (χ1v) is 10.1. The van der Waals surface area contributed by atoms with Crippen molar-refractivity contribution in [3.63, 3.8) is 0 Å². The molecule has 2 heterocycles. The predicted octanol–water partition coefficient (Wildman–Crippen LogP) is 3.35. The molecule has 1 aliphatic rings. The Balaban J connectivity index is 1.33. The number of hydrogen-bond acceptors (Lipinski definition) is 6. The number of amides is 1. The van der Waals surface area contributed by atoms with Crippen LogP contribution >= 0.6 is 11.8 Å². The van der Waals surface area contributed by atoms with Crippen LogP contribution in [0.25, 0.3) is 11.4 Å². The van der Waals surface area contributed by atoms with E-state index in [-0.39, 0.29) is 23.5 Å². The number of nitrogens with one attached hydrogen (secondary N) is 2. The molecule has 0 saturated heterocycles. The summed E-state index contributed by atoms with van der Waals surface area (Å²) >= 11 is 1.18. The Morgan fingerprint density at radius 1 is 1.24 bits per heavy atom. The maximum atomic E-state index is 13.8. The minimum Gasteiger partial charge on any atom is -0.486 e. The van der Waals surface area contributed by atoms with Crippen LogP contribution in [-0.4, -0.2) is 40.1 Å². The molecule has 9 heteroatoms. The van der Waals surface area contributed by atoms with Crippen molar-refractivity contribution in [3.05, 3.63) is 53.8 Å². The predicted molar refractivity (Wildman–Crippen MR) is 106 cm³/mol. The second-order valence-corrected chi connectivity index (χ2v) is 7.37. The van der Waals surface area contributed by atoms with Gasteiger partial charge in [0.25, 0.3) is 0 Å². The van der Waals surface area contributed by atoms with Crippen molar-refractivity contribution in [2.75, 3.05) is 19.0 Å². The zero-order valence-corrected chi connectivity index (χ0v) is 16.5. The second-order valence-electron chi connectivity index (χ2n) is 6.43. The molecule has 0 aliphatic carbocycles. The zero-order valence-electron chi connectivity index (χ0n) is 15.6. The summed E-state index contributed by atoms with van der Waals surface area (Å²) in [6.45, 7) is 2.95. The van der Waals surface area contributed by atoms with E-state index >= 15 is 0 Å². The van der Waals surface area contributed by atoms with E-state index in [0.717, 1.165) is 5.56 Å². The van der Waals surface area contributed by atoms with Gasteiger partial charge in [-0.2, -0.15) is 0 Å². The monoisotopic (exact) mass is 414 g/mol. The van der Waals surface area contributed by atoms with Gasteiger partial charge in [0.15, 0.2) is 17.3 Å². The highest BCUT2D eigenvalue weighted by Gasteiger charge is 2.17. The fourth-order valence-corrected chi connectivity index (χ4v) is 3.52. The molecular formula is C20H19FN4O3S. The third-order valence-electron chi connectivity index (χ3n) is 4.37. The van der Waals surface area contributed by atoms with Crippen LogP contribution in [0.2, 0.25) is 0 Å². The first-order chi connectivity index (χ1) is 14.1. The lowest BCUT2D eigenvalue weighted by atomic mass is 10.1. The van der Waals surface area contributed by atoms with Crippen molar-refractivity contribution < 1.29 is 18.7 Å².